The number of hydrogen-bond donors (Lipinski definition) is 0. The summed E-state index contributed by atoms with van der Waals surface area (Å²) in [5.41, 5.74) is 0. The van der Waals surface area contributed by atoms with Crippen molar-refractivity contribution in [3.05, 3.63) is 0 Å². The molecule has 0 aliphatic rings. The second-order valence-electron chi connectivity index (χ2n) is 0. The summed E-state index contributed by atoms with van der Waals surface area (Å²) < 4.78 is 0. The van der Waals surface area contributed by atoms with Crippen molar-refractivity contribution < 1.29 is 0 Å². The Morgan fingerprint density at radius 1 is 0.400 bits per heavy atom. The van der Waals surface area contributed by atoms with Gasteiger partial charge >= 0.3 is 95.6 Å². The maximum absolute atomic E-state index is 0. The van der Waals surface area contributed by atoms with E-state index in [4.69, 9.17) is 0 Å². The van der Waals surface area contributed by atoms with E-state index in [1.807, 2.05) is 0 Å². The molecule has 0 aliphatic heterocycles. The predicted molar refractivity (Wildman–Crippen MR) is 39.9 cm³/mol. The number of hydrogen-bond acceptors (Lipinski definition) is 0. The van der Waals surface area contributed by atoms with Gasteiger partial charge in [-0.1, -0.05) is 0 Å². The molecule has 0 fully saturated rings. The van der Waals surface area contributed by atoms with Gasteiger partial charge in [0, 0.05) is 25.8 Å². The molecule has 0 spiro atoms. The zero-order valence-electron chi connectivity index (χ0n) is 3.41. The molecular weight excluding hydrogens is 590 g/mol. The van der Waals surface area contributed by atoms with E-state index in [0.717, 1.165) is 0 Å². The van der Waals surface area contributed by atoms with Crippen molar-refractivity contribution in [2.75, 3.05) is 0 Å². The van der Waals surface area contributed by atoms with Crippen molar-refractivity contribution in [1.29, 1.82) is 0 Å². The zero-order valence-corrected chi connectivity index (χ0v) is 22.8. The Hall–Kier alpha value is 4.06. The SMILES string of the molecule is [In].[SnH2].[SnH2].[SnH2].[SnH2]. The topological polar surface area (TPSA) is 0 Å². The quantitative estimate of drug-likeness (QED) is 0.250. The van der Waals surface area contributed by atoms with E-state index in [0.29, 0.717) is 0 Å². The normalized spacial score (nSPS) is 0. The van der Waals surface area contributed by atoms with Gasteiger partial charge in [0.2, 0.25) is 0 Å². The van der Waals surface area contributed by atoms with Crippen molar-refractivity contribution in [3.63, 3.8) is 0 Å². The standard InChI is InChI=1S/In.4Sn.8H. The van der Waals surface area contributed by atoms with Crippen molar-refractivity contribution in [1.82, 2.24) is 0 Å². The van der Waals surface area contributed by atoms with Crippen molar-refractivity contribution in [2.24, 2.45) is 0 Å². The molecule has 5 heteroatoms. The average molecular weight is 598 g/mol. The van der Waals surface area contributed by atoms with Crippen LogP contribution in [-0.4, -0.2) is 121 Å². The van der Waals surface area contributed by atoms with E-state index in [-0.39, 0.29) is 121 Å². The molecule has 0 aliphatic carbocycles. The Bertz CT molecular complexity index is 3.61. The van der Waals surface area contributed by atoms with Crippen LogP contribution in [0.15, 0.2) is 0 Å². The molecule has 11 radical (unpaired) electrons. The molecule has 0 aromatic heterocycles. The second-order valence-corrected chi connectivity index (χ2v) is 0. The van der Waals surface area contributed by atoms with Crippen LogP contribution >= 0.6 is 0 Å². The van der Waals surface area contributed by atoms with Gasteiger partial charge in [0.05, 0.1) is 0 Å². The minimum atomic E-state index is 0. The van der Waals surface area contributed by atoms with Gasteiger partial charge < -0.3 is 0 Å². The minimum absolute atomic E-state index is 0. The summed E-state index contributed by atoms with van der Waals surface area (Å²) in [4.78, 5) is 0. The molecule has 27 valence electrons. The van der Waals surface area contributed by atoms with Crippen molar-refractivity contribution >= 4 is 121 Å². The van der Waals surface area contributed by atoms with Gasteiger partial charge in [-0.05, 0) is 0 Å². The molecular formula is H8InSn4. The summed E-state index contributed by atoms with van der Waals surface area (Å²) in [7, 11) is 0. The summed E-state index contributed by atoms with van der Waals surface area (Å²) in [6.45, 7) is 0. The van der Waals surface area contributed by atoms with Gasteiger partial charge in [-0.25, -0.2) is 0 Å². The molecule has 0 N–H and O–H groups in total. The van der Waals surface area contributed by atoms with E-state index < -0.39 is 0 Å². The van der Waals surface area contributed by atoms with Gasteiger partial charge in [0.1, 0.15) is 0 Å². The average Bonchev–Trinajstić information content (AvgIpc) is 0. The molecule has 0 saturated heterocycles. The molecule has 0 amide bonds. The third-order valence-corrected chi connectivity index (χ3v) is 0. The Balaban J connectivity index is 0. The van der Waals surface area contributed by atoms with Crippen LogP contribution in [-0.2, 0) is 0 Å². The summed E-state index contributed by atoms with van der Waals surface area (Å²) >= 11 is 0. The monoisotopic (exact) mass is 603 g/mol. The van der Waals surface area contributed by atoms with E-state index in [1.54, 1.807) is 0 Å². The summed E-state index contributed by atoms with van der Waals surface area (Å²) in [5.74, 6) is 0. The maximum atomic E-state index is 0. The van der Waals surface area contributed by atoms with Crippen LogP contribution in [0.5, 0.6) is 0 Å². The summed E-state index contributed by atoms with van der Waals surface area (Å²) in [6.07, 6.45) is 0. The summed E-state index contributed by atoms with van der Waals surface area (Å²) in [6, 6.07) is 0. The van der Waals surface area contributed by atoms with E-state index in [2.05, 4.69) is 0 Å². The first-order valence-corrected chi connectivity index (χ1v) is 0. The van der Waals surface area contributed by atoms with Gasteiger partial charge in [-0.2, -0.15) is 0 Å². The van der Waals surface area contributed by atoms with E-state index in [9.17, 15) is 0 Å². The molecule has 0 nitrogen and oxygen atoms in total. The third kappa shape index (κ3) is 18.0. The zero-order chi connectivity index (χ0) is 0. The second kappa shape index (κ2) is 24.4. The Morgan fingerprint density at radius 3 is 0.400 bits per heavy atom. The Kier molecular flexibility index (Phi) is 174. The fourth-order valence-electron chi connectivity index (χ4n) is 0. The molecule has 5 heavy (non-hydrogen) atoms. The molecule has 0 saturated carbocycles. The van der Waals surface area contributed by atoms with Crippen LogP contribution in [0.1, 0.15) is 0 Å². The molecule has 0 bridgehead atoms. The van der Waals surface area contributed by atoms with E-state index >= 15 is 0 Å². The van der Waals surface area contributed by atoms with Crippen LogP contribution < -0.4 is 0 Å². The van der Waals surface area contributed by atoms with Crippen molar-refractivity contribution in [2.45, 2.75) is 0 Å². The molecule has 0 aromatic carbocycles. The Labute approximate surface area is 119 Å². The van der Waals surface area contributed by atoms with Gasteiger partial charge in [0.25, 0.3) is 0 Å². The van der Waals surface area contributed by atoms with Crippen LogP contribution in [0.2, 0.25) is 0 Å². The fraction of sp³-hybridized carbons (Fsp3) is 0. The van der Waals surface area contributed by atoms with Crippen LogP contribution in [0.25, 0.3) is 0 Å². The predicted octanol–water partition coefficient (Wildman–Crippen LogP) is -4.05. The Morgan fingerprint density at radius 2 is 0.400 bits per heavy atom. The number of rotatable bonds is 0. The van der Waals surface area contributed by atoms with Crippen LogP contribution in [0.3, 0.4) is 0 Å². The molecule has 0 unspecified atom stereocenters. The fourth-order valence-corrected chi connectivity index (χ4v) is 0. The van der Waals surface area contributed by atoms with Gasteiger partial charge in [0.15, 0.2) is 0 Å². The first kappa shape index (κ1) is 35.7. The molecule has 0 rings (SSSR count). The summed E-state index contributed by atoms with van der Waals surface area (Å²) in [5, 5.41) is 0. The van der Waals surface area contributed by atoms with Crippen molar-refractivity contribution in [3.8, 4) is 0 Å². The first-order valence-electron chi connectivity index (χ1n) is 0. The van der Waals surface area contributed by atoms with E-state index in [1.165, 1.54) is 0 Å². The molecule has 0 atom stereocenters. The molecule has 0 aromatic rings. The molecule has 0 heterocycles. The van der Waals surface area contributed by atoms with Crippen LogP contribution in [0.4, 0.5) is 0 Å². The van der Waals surface area contributed by atoms with Gasteiger partial charge in [-0.15, -0.1) is 0 Å². The van der Waals surface area contributed by atoms with Gasteiger partial charge in [-0.3, -0.25) is 0 Å². The first-order chi connectivity index (χ1) is 0. The van der Waals surface area contributed by atoms with Crippen LogP contribution in [0, 0.1) is 0 Å². The third-order valence-electron chi connectivity index (χ3n) is 0.